The first-order chi connectivity index (χ1) is 6.60. The van der Waals surface area contributed by atoms with Gasteiger partial charge in [0.05, 0.1) is 11.7 Å². The van der Waals surface area contributed by atoms with E-state index in [9.17, 15) is 10.2 Å². The van der Waals surface area contributed by atoms with Crippen LogP contribution in [0.15, 0.2) is 0 Å². The fraction of sp³-hybridized carbons (Fsp3) is 1.00. The van der Waals surface area contributed by atoms with Crippen LogP contribution in [0.25, 0.3) is 0 Å². The summed E-state index contributed by atoms with van der Waals surface area (Å²) in [6.45, 7) is 6.12. The average Bonchev–Trinajstić information content (AvgIpc) is 2.17. The van der Waals surface area contributed by atoms with E-state index in [4.69, 9.17) is 0 Å². The maximum Gasteiger partial charge on any atom is 0.0905 e. The van der Waals surface area contributed by atoms with Crippen molar-refractivity contribution in [2.75, 3.05) is 0 Å². The SMILES string of the molecule is CCCCCC(O)(CCC)C(O)CC. The van der Waals surface area contributed by atoms with Crippen LogP contribution in [0.5, 0.6) is 0 Å². The lowest BCUT2D eigenvalue weighted by Crippen LogP contribution is -2.41. The molecule has 0 aromatic heterocycles. The molecule has 14 heavy (non-hydrogen) atoms. The zero-order valence-electron chi connectivity index (χ0n) is 9.92. The molecule has 0 saturated carbocycles. The Balaban J connectivity index is 4.08. The summed E-state index contributed by atoms with van der Waals surface area (Å²) >= 11 is 0. The van der Waals surface area contributed by atoms with Crippen LogP contribution in [0, 0.1) is 0 Å². The Labute approximate surface area is 88.3 Å². The van der Waals surface area contributed by atoms with E-state index in [0.29, 0.717) is 12.8 Å². The molecule has 0 bridgehead atoms. The molecule has 2 heteroatoms. The van der Waals surface area contributed by atoms with Crippen molar-refractivity contribution in [3.63, 3.8) is 0 Å². The van der Waals surface area contributed by atoms with E-state index in [1.54, 1.807) is 0 Å². The normalized spacial score (nSPS) is 17.8. The van der Waals surface area contributed by atoms with Crippen molar-refractivity contribution in [2.45, 2.75) is 77.4 Å². The molecule has 0 fully saturated rings. The second kappa shape index (κ2) is 7.24. The van der Waals surface area contributed by atoms with Gasteiger partial charge in [-0.25, -0.2) is 0 Å². The smallest absolute Gasteiger partial charge is 0.0905 e. The molecule has 0 aliphatic heterocycles. The summed E-state index contributed by atoms with van der Waals surface area (Å²) in [6.07, 6.45) is 5.79. The highest BCUT2D eigenvalue weighted by Crippen LogP contribution is 2.26. The van der Waals surface area contributed by atoms with Gasteiger partial charge in [-0.05, 0) is 19.3 Å². The van der Waals surface area contributed by atoms with E-state index in [2.05, 4.69) is 6.92 Å². The highest BCUT2D eigenvalue weighted by Gasteiger charge is 2.32. The van der Waals surface area contributed by atoms with Gasteiger partial charge in [0.1, 0.15) is 0 Å². The minimum Gasteiger partial charge on any atom is -0.390 e. The molecule has 0 rings (SSSR count). The summed E-state index contributed by atoms with van der Waals surface area (Å²) < 4.78 is 0. The van der Waals surface area contributed by atoms with E-state index in [0.717, 1.165) is 32.1 Å². The maximum atomic E-state index is 10.3. The van der Waals surface area contributed by atoms with Crippen molar-refractivity contribution in [1.82, 2.24) is 0 Å². The molecule has 2 unspecified atom stereocenters. The van der Waals surface area contributed by atoms with Gasteiger partial charge in [0.15, 0.2) is 0 Å². The van der Waals surface area contributed by atoms with Crippen LogP contribution in [0.4, 0.5) is 0 Å². The van der Waals surface area contributed by atoms with Crippen LogP contribution in [0.1, 0.15) is 65.7 Å². The zero-order chi connectivity index (χ0) is 11.0. The van der Waals surface area contributed by atoms with Gasteiger partial charge in [-0.1, -0.05) is 46.5 Å². The topological polar surface area (TPSA) is 40.5 Å². The number of aliphatic hydroxyl groups is 2. The molecule has 0 amide bonds. The molecule has 2 N–H and O–H groups in total. The zero-order valence-corrected chi connectivity index (χ0v) is 9.92. The van der Waals surface area contributed by atoms with Gasteiger partial charge in [-0.3, -0.25) is 0 Å². The molecule has 0 spiro atoms. The summed E-state index contributed by atoms with van der Waals surface area (Å²) in [5.74, 6) is 0. The molecule has 2 atom stereocenters. The lowest BCUT2D eigenvalue weighted by atomic mass is 9.85. The van der Waals surface area contributed by atoms with Crippen molar-refractivity contribution in [1.29, 1.82) is 0 Å². The number of hydrogen-bond donors (Lipinski definition) is 2. The van der Waals surface area contributed by atoms with Crippen LogP contribution in [-0.4, -0.2) is 21.9 Å². The molecule has 86 valence electrons. The standard InChI is InChI=1S/C12H26O2/c1-4-7-8-10-12(14,9-5-2)11(13)6-3/h11,13-14H,4-10H2,1-3H3. The Hall–Kier alpha value is -0.0800. The number of rotatable bonds is 8. The van der Waals surface area contributed by atoms with Crippen LogP contribution in [-0.2, 0) is 0 Å². The van der Waals surface area contributed by atoms with Crippen molar-refractivity contribution in [2.24, 2.45) is 0 Å². The Morgan fingerprint density at radius 1 is 1.00 bits per heavy atom. The Morgan fingerprint density at radius 3 is 2.07 bits per heavy atom. The van der Waals surface area contributed by atoms with Gasteiger partial charge in [0.25, 0.3) is 0 Å². The van der Waals surface area contributed by atoms with Gasteiger partial charge >= 0.3 is 0 Å². The summed E-state index contributed by atoms with van der Waals surface area (Å²) in [6, 6.07) is 0. The van der Waals surface area contributed by atoms with Crippen LogP contribution >= 0.6 is 0 Å². The minimum atomic E-state index is -0.835. The van der Waals surface area contributed by atoms with Crippen molar-refractivity contribution >= 4 is 0 Å². The molecule has 0 saturated heterocycles. The molecule has 0 aromatic rings. The number of aliphatic hydroxyl groups excluding tert-OH is 1. The first-order valence-corrected chi connectivity index (χ1v) is 6.01. The predicted octanol–water partition coefficient (Wildman–Crippen LogP) is 2.87. The molecule has 0 aliphatic rings. The minimum absolute atomic E-state index is 0.556. The number of hydrogen-bond acceptors (Lipinski definition) is 2. The summed E-state index contributed by atoms with van der Waals surface area (Å²) in [4.78, 5) is 0. The third-order valence-corrected chi connectivity index (χ3v) is 2.90. The largest absolute Gasteiger partial charge is 0.390 e. The summed E-state index contributed by atoms with van der Waals surface area (Å²) in [7, 11) is 0. The third kappa shape index (κ3) is 4.43. The van der Waals surface area contributed by atoms with E-state index in [-0.39, 0.29) is 0 Å². The van der Waals surface area contributed by atoms with Crippen LogP contribution in [0.3, 0.4) is 0 Å². The van der Waals surface area contributed by atoms with Gasteiger partial charge in [-0.15, -0.1) is 0 Å². The Bertz CT molecular complexity index is 136. The van der Waals surface area contributed by atoms with Crippen molar-refractivity contribution in [3.8, 4) is 0 Å². The highest BCUT2D eigenvalue weighted by atomic mass is 16.3. The van der Waals surface area contributed by atoms with E-state index < -0.39 is 11.7 Å². The molecular weight excluding hydrogens is 176 g/mol. The van der Waals surface area contributed by atoms with E-state index in [1.807, 2.05) is 13.8 Å². The molecule has 0 heterocycles. The maximum absolute atomic E-state index is 10.3. The lowest BCUT2D eigenvalue weighted by Gasteiger charge is -2.32. The fourth-order valence-corrected chi connectivity index (χ4v) is 1.95. The third-order valence-electron chi connectivity index (χ3n) is 2.90. The predicted molar refractivity (Wildman–Crippen MR) is 60.3 cm³/mol. The number of unbranched alkanes of at least 4 members (excludes halogenated alkanes) is 2. The Morgan fingerprint density at radius 2 is 1.64 bits per heavy atom. The van der Waals surface area contributed by atoms with Crippen LogP contribution in [0.2, 0.25) is 0 Å². The molecule has 0 aromatic carbocycles. The molecular formula is C12H26O2. The average molecular weight is 202 g/mol. The van der Waals surface area contributed by atoms with Gasteiger partial charge in [-0.2, -0.15) is 0 Å². The first-order valence-electron chi connectivity index (χ1n) is 6.01. The van der Waals surface area contributed by atoms with E-state index >= 15 is 0 Å². The molecule has 0 radical (unpaired) electrons. The fourth-order valence-electron chi connectivity index (χ4n) is 1.95. The van der Waals surface area contributed by atoms with Crippen molar-refractivity contribution in [3.05, 3.63) is 0 Å². The van der Waals surface area contributed by atoms with E-state index in [1.165, 1.54) is 0 Å². The van der Waals surface area contributed by atoms with Gasteiger partial charge in [0.2, 0.25) is 0 Å². The Kier molecular flexibility index (Phi) is 7.20. The first kappa shape index (κ1) is 13.9. The van der Waals surface area contributed by atoms with Crippen molar-refractivity contribution < 1.29 is 10.2 Å². The quantitative estimate of drug-likeness (QED) is 0.594. The lowest BCUT2D eigenvalue weighted by molar-refractivity contribution is -0.0883. The highest BCUT2D eigenvalue weighted by molar-refractivity contribution is 4.85. The molecule has 2 nitrogen and oxygen atoms in total. The monoisotopic (exact) mass is 202 g/mol. The van der Waals surface area contributed by atoms with Gasteiger partial charge in [0, 0.05) is 0 Å². The van der Waals surface area contributed by atoms with Gasteiger partial charge < -0.3 is 10.2 Å². The molecule has 0 aliphatic carbocycles. The summed E-state index contributed by atoms with van der Waals surface area (Å²) in [5.41, 5.74) is -0.835. The van der Waals surface area contributed by atoms with Crippen LogP contribution < -0.4 is 0 Å². The second-order valence-corrected chi connectivity index (χ2v) is 4.23. The summed E-state index contributed by atoms with van der Waals surface area (Å²) in [5, 5.41) is 20.0. The second-order valence-electron chi connectivity index (χ2n) is 4.23.